The number of hydrogen-bond donors (Lipinski definition) is 0. The SMILES string of the molecule is Cc1nsc(-c2nc(Cl)c3n2CCN(C(=O)c2ccc(F)cc2)C3C)n1. The summed E-state index contributed by atoms with van der Waals surface area (Å²) in [5, 5.41) is 1.07. The Labute approximate surface area is 158 Å². The van der Waals surface area contributed by atoms with Crippen LogP contribution in [-0.4, -0.2) is 36.3 Å². The Bertz CT molecular complexity index is 984. The minimum Gasteiger partial charge on any atom is -0.328 e. The Balaban J connectivity index is 1.69. The molecule has 1 aliphatic heterocycles. The average molecular weight is 392 g/mol. The molecule has 26 heavy (non-hydrogen) atoms. The van der Waals surface area contributed by atoms with Crippen LogP contribution in [0.4, 0.5) is 4.39 Å². The maximum Gasteiger partial charge on any atom is 0.254 e. The van der Waals surface area contributed by atoms with E-state index >= 15 is 0 Å². The lowest BCUT2D eigenvalue weighted by Gasteiger charge is -2.35. The number of imidazole rings is 1. The van der Waals surface area contributed by atoms with Crippen LogP contribution in [0.1, 0.15) is 34.8 Å². The summed E-state index contributed by atoms with van der Waals surface area (Å²) in [6.07, 6.45) is 0. The molecule has 3 aromatic rings. The normalized spacial score (nSPS) is 16.6. The summed E-state index contributed by atoms with van der Waals surface area (Å²) in [7, 11) is 0. The van der Waals surface area contributed by atoms with Crippen molar-refractivity contribution >= 4 is 29.0 Å². The maximum atomic E-state index is 13.1. The van der Waals surface area contributed by atoms with E-state index in [-0.39, 0.29) is 17.8 Å². The molecule has 0 saturated heterocycles. The number of nitrogens with zero attached hydrogens (tertiary/aromatic N) is 5. The topological polar surface area (TPSA) is 63.9 Å². The highest BCUT2D eigenvalue weighted by Gasteiger charge is 2.33. The maximum absolute atomic E-state index is 13.1. The lowest BCUT2D eigenvalue weighted by molar-refractivity contribution is 0.0645. The second-order valence-electron chi connectivity index (χ2n) is 6.09. The van der Waals surface area contributed by atoms with E-state index in [1.54, 1.807) is 4.90 Å². The van der Waals surface area contributed by atoms with Gasteiger partial charge in [-0.1, -0.05) is 11.6 Å². The fourth-order valence-corrected chi connectivity index (χ4v) is 4.21. The van der Waals surface area contributed by atoms with Gasteiger partial charge in [-0.3, -0.25) is 4.79 Å². The molecule has 9 heteroatoms. The van der Waals surface area contributed by atoms with Gasteiger partial charge in [-0.25, -0.2) is 14.4 Å². The van der Waals surface area contributed by atoms with Gasteiger partial charge in [-0.05, 0) is 49.6 Å². The first-order chi connectivity index (χ1) is 12.5. The largest absolute Gasteiger partial charge is 0.328 e. The number of carbonyl (C=O) groups excluding carboxylic acids is 1. The van der Waals surface area contributed by atoms with Crippen molar-refractivity contribution in [2.24, 2.45) is 0 Å². The molecule has 0 radical (unpaired) electrons. The van der Waals surface area contributed by atoms with Crippen molar-refractivity contribution in [3.05, 3.63) is 52.3 Å². The molecule has 6 nitrogen and oxygen atoms in total. The fourth-order valence-electron chi connectivity index (χ4n) is 3.20. The summed E-state index contributed by atoms with van der Waals surface area (Å²) in [4.78, 5) is 23.4. The summed E-state index contributed by atoms with van der Waals surface area (Å²) >= 11 is 7.66. The third-order valence-corrected chi connectivity index (χ3v) is 5.54. The molecule has 1 unspecified atom stereocenters. The van der Waals surface area contributed by atoms with Gasteiger partial charge >= 0.3 is 0 Å². The van der Waals surface area contributed by atoms with Gasteiger partial charge in [0.05, 0.1) is 11.7 Å². The molecule has 1 atom stereocenters. The smallest absolute Gasteiger partial charge is 0.254 e. The van der Waals surface area contributed by atoms with E-state index in [0.717, 1.165) is 5.69 Å². The standard InChI is InChI=1S/C17H15ClFN5OS/c1-9-13-14(18)21-15(16-20-10(2)22-26-16)24(13)8-7-23(9)17(25)11-3-5-12(19)6-4-11/h3-6,9H,7-8H2,1-2H3. The molecule has 0 bridgehead atoms. The van der Waals surface area contributed by atoms with Gasteiger partial charge in [-0.2, -0.15) is 4.37 Å². The van der Waals surface area contributed by atoms with Crippen LogP contribution in [-0.2, 0) is 6.54 Å². The van der Waals surface area contributed by atoms with Crippen molar-refractivity contribution in [2.45, 2.75) is 26.4 Å². The highest BCUT2D eigenvalue weighted by atomic mass is 35.5. The zero-order chi connectivity index (χ0) is 18.4. The Morgan fingerprint density at radius 3 is 2.65 bits per heavy atom. The quantitative estimate of drug-likeness (QED) is 0.667. The number of amides is 1. The third-order valence-electron chi connectivity index (χ3n) is 4.46. The average Bonchev–Trinajstić information content (AvgIpc) is 3.19. The number of hydrogen-bond acceptors (Lipinski definition) is 5. The Morgan fingerprint density at radius 1 is 1.27 bits per heavy atom. The van der Waals surface area contributed by atoms with Gasteiger partial charge in [-0.15, -0.1) is 0 Å². The van der Waals surface area contributed by atoms with Crippen LogP contribution in [0.2, 0.25) is 5.15 Å². The molecule has 0 aliphatic carbocycles. The van der Waals surface area contributed by atoms with Crippen molar-refractivity contribution in [1.82, 2.24) is 23.8 Å². The van der Waals surface area contributed by atoms with Crippen molar-refractivity contribution in [3.63, 3.8) is 0 Å². The van der Waals surface area contributed by atoms with E-state index in [1.807, 2.05) is 18.4 Å². The van der Waals surface area contributed by atoms with Gasteiger partial charge in [0.15, 0.2) is 16.0 Å². The Morgan fingerprint density at radius 2 is 2.00 bits per heavy atom. The van der Waals surface area contributed by atoms with Crippen molar-refractivity contribution < 1.29 is 9.18 Å². The number of aryl methyl sites for hydroxylation is 1. The predicted molar refractivity (Wildman–Crippen MR) is 96.7 cm³/mol. The van der Waals surface area contributed by atoms with E-state index in [0.29, 0.717) is 40.5 Å². The van der Waals surface area contributed by atoms with Crippen molar-refractivity contribution in [3.8, 4) is 10.8 Å². The molecular weight excluding hydrogens is 377 g/mol. The van der Waals surface area contributed by atoms with Crippen LogP contribution < -0.4 is 0 Å². The minimum absolute atomic E-state index is 0.158. The van der Waals surface area contributed by atoms with Crippen molar-refractivity contribution in [1.29, 1.82) is 0 Å². The van der Waals surface area contributed by atoms with Gasteiger partial charge < -0.3 is 9.47 Å². The van der Waals surface area contributed by atoms with Crippen molar-refractivity contribution in [2.75, 3.05) is 6.54 Å². The van der Waals surface area contributed by atoms with Crippen LogP contribution >= 0.6 is 23.1 Å². The lowest BCUT2D eigenvalue weighted by Crippen LogP contribution is -2.41. The number of benzene rings is 1. The summed E-state index contributed by atoms with van der Waals surface area (Å²) in [6.45, 7) is 4.80. The zero-order valence-electron chi connectivity index (χ0n) is 14.1. The van der Waals surface area contributed by atoms with Crippen LogP contribution in [0, 0.1) is 12.7 Å². The van der Waals surface area contributed by atoms with Gasteiger partial charge in [0.1, 0.15) is 11.6 Å². The first-order valence-corrected chi connectivity index (χ1v) is 9.24. The number of aromatic nitrogens is 4. The van der Waals surface area contributed by atoms with E-state index in [4.69, 9.17) is 11.6 Å². The fraction of sp³-hybridized carbons (Fsp3) is 0.294. The number of fused-ring (bicyclic) bond motifs is 1. The molecule has 1 aliphatic rings. The number of rotatable bonds is 2. The first-order valence-electron chi connectivity index (χ1n) is 8.09. The Kier molecular flexibility index (Phi) is 4.24. The molecule has 4 rings (SSSR count). The second kappa shape index (κ2) is 6.44. The summed E-state index contributed by atoms with van der Waals surface area (Å²) < 4.78 is 19.3. The van der Waals surface area contributed by atoms with Crippen LogP contribution in [0.15, 0.2) is 24.3 Å². The number of carbonyl (C=O) groups is 1. The summed E-state index contributed by atoms with van der Waals surface area (Å²) in [5.74, 6) is 0.840. The third kappa shape index (κ3) is 2.79. The van der Waals surface area contributed by atoms with Gasteiger partial charge in [0.2, 0.25) is 0 Å². The summed E-state index contributed by atoms with van der Waals surface area (Å²) in [5.41, 5.74) is 1.22. The molecule has 0 spiro atoms. The molecule has 134 valence electrons. The summed E-state index contributed by atoms with van der Waals surface area (Å²) in [6, 6.07) is 5.30. The van der Waals surface area contributed by atoms with Crippen LogP contribution in [0.3, 0.4) is 0 Å². The zero-order valence-corrected chi connectivity index (χ0v) is 15.7. The van der Waals surface area contributed by atoms with E-state index in [2.05, 4.69) is 14.3 Å². The molecule has 0 saturated carbocycles. The monoisotopic (exact) mass is 391 g/mol. The van der Waals surface area contributed by atoms with Crippen LogP contribution in [0.5, 0.6) is 0 Å². The van der Waals surface area contributed by atoms with E-state index in [9.17, 15) is 9.18 Å². The highest BCUT2D eigenvalue weighted by molar-refractivity contribution is 7.09. The second-order valence-corrected chi connectivity index (χ2v) is 7.20. The molecular formula is C17H15ClFN5OS. The predicted octanol–water partition coefficient (Wildman–Crippen LogP) is 3.72. The van der Waals surface area contributed by atoms with Gasteiger partial charge in [0.25, 0.3) is 5.91 Å². The molecule has 0 fully saturated rings. The molecule has 1 amide bonds. The van der Waals surface area contributed by atoms with Gasteiger partial charge in [0, 0.05) is 18.7 Å². The minimum atomic E-state index is -0.369. The van der Waals surface area contributed by atoms with E-state index in [1.165, 1.54) is 35.8 Å². The lowest BCUT2D eigenvalue weighted by atomic mass is 10.1. The molecule has 1 aromatic carbocycles. The Hall–Kier alpha value is -2.32. The molecule has 2 aromatic heterocycles. The molecule has 0 N–H and O–H groups in total. The number of halogens is 2. The highest BCUT2D eigenvalue weighted by Crippen LogP contribution is 2.36. The van der Waals surface area contributed by atoms with Crippen LogP contribution in [0.25, 0.3) is 10.8 Å². The first kappa shape index (κ1) is 17.1. The van der Waals surface area contributed by atoms with E-state index < -0.39 is 0 Å². The molecule has 3 heterocycles.